The third kappa shape index (κ3) is 5.74. The van der Waals surface area contributed by atoms with Gasteiger partial charge in [0.2, 0.25) is 0 Å². The number of carbonyl (C=O) groups is 2. The van der Waals surface area contributed by atoms with E-state index in [4.69, 9.17) is 9.47 Å². The van der Waals surface area contributed by atoms with Gasteiger partial charge >= 0.3 is 12.1 Å². The van der Waals surface area contributed by atoms with Gasteiger partial charge in [0.25, 0.3) is 0 Å². The van der Waals surface area contributed by atoms with E-state index in [0.29, 0.717) is 17.4 Å². The first-order valence-electron chi connectivity index (χ1n) is 11.8. The van der Waals surface area contributed by atoms with Gasteiger partial charge in [0.15, 0.2) is 0 Å². The number of amides is 1. The Bertz CT molecular complexity index is 1010. The number of carbonyl (C=O) groups excluding carboxylic acids is 2. The molecule has 8 nitrogen and oxygen atoms in total. The number of nitrogens with zero attached hydrogens (tertiary/aromatic N) is 2. The summed E-state index contributed by atoms with van der Waals surface area (Å²) in [5.41, 5.74) is 9.03. The molecular formula is C25H34N4O4. The number of ether oxygens (including phenoxy) is 2. The fourth-order valence-corrected chi connectivity index (χ4v) is 4.58. The van der Waals surface area contributed by atoms with Crippen LogP contribution < -0.4 is 10.9 Å². The summed E-state index contributed by atoms with van der Waals surface area (Å²) in [5, 5.41) is 4.54. The van der Waals surface area contributed by atoms with E-state index in [0.717, 1.165) is 49.9 Å². The molecule has 1 heterocycles. The minimum absolute atomic E-state index is 0.178. The molecule has 178 valence electrons. The molecule has 2 saturated carbocycles. The highest BCUT2D eigenvalue weighted by atomic mass is 16.6. The van der Waals surface area contributed by atoms with Crippen LogP contribution in [0.3, 0.4) is 0 Å². The molecule has 2 N–H and O–H groups in total. The first kappa shape index (κ1) is 23.3. The van der Waals surface area contributed by atoms with Gasteiger partial charge in [-0.2, -0.15) is 5.10 Å². The Morgan fingerprint density at radius 3 is 2.61 bits per heavy atom. The Hall–Kier alpha value is -2.87. The number of benzene rings is 1. The van der Waals surface area contributed by atoms with Gasteiger partial charge in [0.1, 0.15) is 11.2 Å². The summed E-state index contributed by atoms with van der Waals surface area (Å²) in [4.78, 5) is 24.2. The maximum absolute atomic E-state index is 12.2. The SMILES string of the molecule is COC(=O)c1cnn(-c2cccc([C@H]3CCC[C@@H](NNC(=O)OC(C)(C)C)C3)c2)c1C1CC1. The van der Waals surface area contributed by atoms with Crippen LogP contribution >= 0.6 is 0 Å². The van der Waals surface area contributed by atoms with Crippen LogP contribution in [0.1, 0.15) is 92.7 Å². The minimum atomic E-state index is -0.527. The smallest absolute Gasteiger partial charge is 0.422 e. The normalized spacial score (nSPS) is 20.8. The van der Waals surface area contributed by atoms with Crippen LogP contribution in [-0.4, -0.2) is 40.6 Å². The molecule has 1 amide bonds. The lowest BCUT2D eigenvalue weighted by Crippen LogP contribution is -2.47. The van der Waals surface area contributed by atoms with E-state index in [1.807, 2.05) is 31.5 Å². The van der Waals surface area contributed by atoms with Crippen LogP contribution in [0.5, 0.6) is 0 Å². The van der Waals surface area contributed by atoms with Crippen LogP contribution in [0, 0.1) is 0 Å². The Morgan fingerprint density at radius 2 is 1.91 bits per heavy atom. The molecule has 0 radical (unpaired) electrons. The number of nitrogens with one attached hydrogen (secondary N) is 2. The van der Waals surface area contributed by atoms with Crippen molar-refractivity contribution in [3.8, 4) is 5.69 Å². The largest absolute Gasteiger partial charge is 0.465 e. The van der Waals surface area contributed by atoms with Gasteiger partial charge in [0.05, 0.1) is 24.7 Å². The van der Waals surface area contributed by atoms with Crippen molar-refractivity contribution in [2.75, 3.05) is 7.11 Å². The van der Waals surface area contributed by atoms with Crippen molar-refractivity contribution in [3.63, 3.8) is 0 Å². The monoisotopic (exact) mass is 454 g/mol. The zero-order valence-corrected chi connectivity index (χ0v) is 19.9. The van der Waals surface area contributed by atoms with Crippen molar-refractivity contribution >= 4 is 12.1 Å². The second kappa shape index (κ2) is 9.55. The molecule has 2 aliphatic carbocycles. The summed E-state index contributed by atoms with van der Waals surface area (Å²) < 4.78 is 12.2. The highest BCUT2D eigenvalue weighted by molar-refractivity contribution is 5.90. The summed E-state index contributed by atoms with van der Waals surface area (Å²) in [6, 6.07) is 8.59. The summed E-state index contributed by atoms with van der Waals surface area (Å²) >= 11 is 0. The Kier molecular flexibility index (Phi) is 6.74. The first-order valence-corrected chi connectivity index (χ1v) is 11.8. The molecule has 4 rings (SSSR count). The fraction of sp³-hybridized carbons (Fsp3) is 0.560. The van der Waals surface area contributed by atoms with Crippen molar-refractivity contribution in [2.45, 2.75) is 82.8 Å². The standard InChI is InChI=1S/C25H34N4O4/c1-25(2,3)33-24(31)28-27-19-9-5-7-17(13-19)18-8-6-10-20(14-18)29-22(16-11-12-16)21(15-26-29)23(30)32-4/h6,8,10,14-17,19,27H,5,7,9,11-13H2,1-4H3,(H,28,31)/t17-,19+/m0/s1. The summed E-state index contributed by atoms with van der Waals surface area (Å²) in [7, 11) is 1.40. The van der Waals surface area contributed by atoms with Gasteiger partial charge in [-0.05, 0) is 76.5 Å². The van der Waals surface area contributed by atoms with E-state index in [2.05, 4.69) is 34.1 Å². The average molecular weight is 455 g/mol. The van der Waals surface area contributed by atoms with Crippen molar-refractivity contribution < 1.29 is 19.1 Å². The highest BCUT2D eigenvalue weighted by Gasteiger charge is 2.33. The summed E-state index contributed by atoms with van der Waals surface area (Å²) in [5.74, 6) is 0.391. The number of rotatable bonds is 6. The molecule has 0 saturated heterocycles. The Balaban J connectivity index is 1.47. The van der Waals surface area contributed by atoms with Gasteiger partial charge < -0.3 is 9.47 Å². The predicted octanol–water partition coefficient (Wildman–Crippen LogP) is 4.59. The van der Waals surface area contributed by atoms with Crippen LogP contribution in [-0.2, 0) is 9.47 Å². The first-order chi connectivity index (χ1) is 15.7. The molecule has 0 unspecified atom stereocenters. The second-order valence-corrected chi connectivity index (χ2v) is 10.0. The zero-order valence-electron chi connectivity index (χ0n) is 19.9. The molecule has 0 aliphatic heterocycles. The van der Waals surface area contributed by atoms with Crippen LogP contribution in [0.2, 0.25) is 0 Å². The van der Waals surface area contributed by atoms with Crippen molar-refractivity contribution in [2.24, 2.45) is 0 Å². The number of hydrogen-bond donors (Lipinski definition) is 2. The Labute approximate surface area is 195 Å². The molecule has 1 aromatic carbocycles. The van der Waals surface area contributed by atoms with E-state index in [-0.39, 0.29) is 12.0 Å². The van der Waals surface area contributed by atoms with Gasteiger partial charge in [-0.15, -0.1) is 0 Å². The van der Waals surface area contributed by atoms with Gasteiger partial charge in [-0.1, -0.05) is 18.6 Å². The van der Waals surface area contributed by atoms with E-state index in [1.54, 1.807) is 6.20 Å². The van der Waals surface area contributed by atoms with E-state index in [1.165, 1.54) is 12.7 Å². The molecule has 8 heteroatoms. The maximum atomic E-state index is 12.2. The topological polar surface area (TPSA) is 94.5 Å². The number of methoxy groups -OCH3 is 1. The molecule has 0 spiro atoms. The molecule has 2 aromatic rings. The lowest BCUT2D eigenvalue weighted by molar-refractivity contribution is 0.0480. The third-order valence-corrected chi connectivity index (χ3v) is 6.21. The molecule has 0 bridgehead atoms. The maximum Gasteiger partial charge on any atom is 0.422 e. The Morgan fingerprint density at radius 1 is 1.12 bits per heavy atom. The van der Waals surface area contributed by atoms with Gasteiger partial charge in [-0.25, -0.2) is 19.7 Å². The quantitative estimate of drug-likeness (QED) is 0.490. The minimum Gasteiger partial charge on any atom is -0.465 e. The molecular weight excluding hydrogens is 420 g/mol. The number of esters is 1. The highest BCUT2D eigenvalue weighted by Crippen LogP contribution is 2.43. The zero-order chi connectivity index (χ0) is 23.6. The van der Waals surface area contributed by atoms with Crippen molar-refractivity contribution in [1.29, 1.82) is 0 Å². The average Bonchev–Trinajstić information content (AvgIpc) is 3.54. The third-order valence-electron chi connectivity index (χ3n) is 6.21. The molecule has 2 aliphatic rings. The number of hydrogen-bond acceptors (Lipinski definition) is 6. The summed E-state index contributed by atoms with van der Waals surface area (Å²) in [6.45, 7) is 5.54. The van der Waals surface area contributed by atoms with Crippen LogP contribution in [0.4, 0.5) is 4.79 Å². The van der Waals surface area contributed by atoms with Gasteiger partial charge in [0, 0.05) is 12.0 Å². The summed E-state index contributed by atoms with van der Waals surface area (Å²) in [6.07, 6.45) is 7.38. The van der Waals surface area contributed by atoms with E-state index >= 15 is 0 Å². The molecule has 2 atom stereocenters. The van der Waals surface area contributed by atoms with Crippen LogP contribution in [0.15, 0.2) is 30.5 Å². The molecule has 1 aromatic heterocycles. The number of aromatic nitrogens is 2. The lowest BCUT2D eigenvalue weighted by Gasteiger charge is -2.30. The van der Waals surface area contributed by atoms with Crippen LogP contribution in [0.25, 0.3) is 5.69 Å². The second-order valence-electron chi connectivity index (χ2n) is 10.0. The fourth-order valence-electron chi connectivity index (χ4n) is 4.58. The molecule has 33 heavy (non-hydrogen) atoms. The number of hydrazine groups is 1. The van der Waals surface area contributed by atoms with Crippen molar-refractivity contribution in [1.82, 2.24) is 20.6 Å². The van der Waals surface area contributed by atoms with Gasteiger partial charge in [-0.3, -0.25) is 5.43 Å². The predicted molar refractivity (Wildman–Crippen MR) is 124 cm³/mol. The van der Waals surface area contributed by atoms with E-state index in [9.17, 15) is 9.59 Å². The van der Waals surface area contributed by atoms with Crippen molar-refractivity contribution in [3.05, 3.63) is 47.3 Å². The molecule has 2 fully saturated rings. The van der Waals surface area contributed by atoms with E-state index < -0.39 is 11.7 Å². The lowest BCUT2D eigenvalue weighted by atomic mass is 9.81.